The topological polar surface area (TPSA) is 39.2 Å². The highest BCUT2D eigenvalue weighted by Crippen LogP contribution is 2.27. The van der Waals surface area contributed by atoms with Gasteiger partial charge in [-0.05, 0) is 18.2 Å². The van der Waals surface area contributed by atoms with E-state index in [1.807, 2.05) is 0 Å². The zero-order chi connectivity index (χ0) is 11.5. The molecule has 0 aliphatic carbocycles. The number of thiazole rings is 1. The zero-order valence-corrected chi connectivity index (χ0v) is 9.25. The summed E-state index contributed by atoms with van der Waals surface area (Å²) in [6.07, 6.45) is 0.667. The maximum absolute atomic E-state index is 13.4. The van der Waals surface area contributed by atoms with Crippen LogP contribution in [0.4, 0.5) is 4.39 Å². The van der Waals surface area contributed by atoms with Crippen LogP contribution in [0.25, 0.3) is 10.6 Å². The van der Waals surface area contributed by atoms with E-state index in [1.54, 1.807) is 11.4 Å². The van der Waals surface area contributed by atoms with Gasteiger partial charge in [-0.1, -0.05) is 0 Å². The largest absolute Gasteiger partial charge is 0.494 e. The van der Waals surface area contributed by atoms with Crippen molar-refractivity contribution in [1.82, 2.24) is 4.98 Å². The summed E-state index contributed by atoms with van der Waals surface area (Å²) in [7, 11) is 1.41. The van der Waals surface area contributed by atoms with Crippen molar-refractivity contribution >= 4 is 17.6 Å². The number of hydrogen-bond acceptors (Lipinski definition) is 4. The maximum Gasteiger partial charge on any atom is 0.169 e. The number of aldehydes is 1. The Morgan fingerprint density at radius 3 is 2.88 bits per heavy atom. The lowest BCUT2D eigenvalue weighted by molar-refractivity contribution is 0.111. The number of nitrogens with zero attached hydrogens (tertiary/aromatic N) is 1. The van der Waals surface area contributed by atoms with Gasteiger partial charge in [-0.2, -0.15) is 0 Å². The molecule has 16 heavy (non-hydrogen) atoms. The van der Waals surface area contributed by atoms with Crippen molar-refractivity contribution < 1.29 is 13.9 Å². The lowest BCUT2D eigenvalue weighted by atomic mass is 10.2. The molecule has 0 radical (unpaired) electrons. The molecule has 0 fully saturated rings. The van der Waals surface area contributed by atoms with Crippen LogP contribution in [-0.2, 0) is 0 Å². The molecule has 0 unspecified atom stereocenters. The number of hydrogen-bond donors (Lipinski definition) is 0. The molecule has 0 amide bonds. The molecular formula is C11H8FNO2S. The quantitative estimate of drug-likeness (QED) is 0.770. The van der Waals surface area contributed by atoms with Gasteiger partial charge < -0.3 is 4.74 Å². The Balaban J connectivity index is 2.40. The predicted octanol–water partition coefficient (Wildman–Crippen LogP) is 2.77. The van der Waals surface area contributed by atoms with Gasteiger partial charge in [-0.25, -0.2) is 9.37 Å². The molecule has 2 rings (SSSR count). The third kappa shape index (κ3) is 1.94. The van der Waals surface area contributed by atoms with Gasteiger partial charge in [0, 0.05) is 10.9 Å². The minimum atomic E-state index is -0.442. The molecule has 0 saturated carbocycles. The fourth-order valence-corrected chi connectivity index (χ4v) is 2.03. The van der Waals surface area contributed by atoms with Crippen LogP contribution in [0.15, 0.2) is 23.6 Å². The first-order chi connectivity index (χ1) is 7.74. The Morgan fingerprint density at radius 1 is 1.50 bits per heavy atom. The lowest BCUT2D eigenvalue weighted by Gasteiger charge is -2.02. The fourth-order valence-electron chi connectivity index (χ4n) is 1.27. The van der Waals surface area contributed by atoms with E-state index >= 15 is 0 Å². The summed E-state index contributed by atoms with van der Waals surface area (Å²) >= 11 is 1.30. The molecule has 0 atom stereocenters. The van der Waals surface area contributed by atoms with Crippen LogP contribution in [0.1, 0.15) is 10.5 Å². The molecule has 5 heteroatoms. The van der Waals surface area contributed by atoms with E-state index in [4.69, 9.17) is 4.74 Å². The summed E-state index contributed by atoms with van der Waals surface area (Å²) in [5.41, 5.74) is 0.993. The van der Waals surface area contributed by atoms with Crippen LogP contribution in [0, 0.1) is 5.82 Å². The minimum absolute atomic E-state index is 0.191. The maximum atomic E-state index is 13.4. The monoisotopic (exact) mass is 237 g/mol. The van der Waals surface area contributed by atoms with Crippen molar-refractivity contribution in [2.24, 2.45) is 0 Å². The van der Waals surface area contributed by atoms with Gasteiger partial charge in [0.2, 0.25) is 0 Å². The predicted molar refractivity (Wildman–Crippen MR) is 59.4 cm³/mol. The molecule has 1 aromatic carbocycles. The molecule has 0 aliphatic rings. The zero-order valence-electron chi connectivity index (χ0n) is 8.44. The van der Waals surface area contributed by atoms with E-state index in [-0.39, 0.29) is 5.75 Å². The highest BCUT2D eigenvalue weighted by Gasteiger charge is 2.08. The summed E-state index contributed by atoms with van der Waals surface area (Å²) in [4.78, 5) is 14.5. The van der Waals surface area contributed by atoms with E-state index in [0.29, 0.717) is 22.6 Å². The molecule has 0 saturated heterocycles. The Bertz CT molecular complexity index is 524. The minimum Gasteiger partial charge on any atom is -0.494 e. The summed E-state index contributed by atoms with van der Waals surface area (Å²) in [5.74, 6) is -0.251. The first-order valence-electron chi connectivity index (χ1n) is 4.49. The number of ether oxygens (including phenoxy) is 1. The Labute approximate surface area is 95.5 Å². The normalized spacial score (nSPS) is 10.1. The number of carbonyl (C=O) groups is 1. The lowest BCUT2D eigenvalue weighted by Crippen LogP contribution is -1.88. The molecular weight excluding hydrogens is 229 g/mol. The number of rotatable bonds is 3. The van der Waals surface area contributed by atoms with Gasteiger partial charge in [0.05, 0.1) is 7.11 Å². The van der Waals surface area contributed by atoms with Crippen LogP contribution < -0.4 is 4.74 Å². The summed E-state index contributed by atoms with van der Waals surface area (Å²) in [5, 5.41) is 2.24. The van der Waals surface area contributed by atoms with E-state index in [0.717, 1.165) is 0 Å². The van der Waals surface area contributed by atoms with Crippen LogP contribution >= 0.6 is 11.3 Å². The van der Waals surface area contributed by atoms with Gasteiger partial charge in [0.15, 0.2) is 17.9 Å². The second kappa shape index (κ2) is 4.40. The molecule has 0 spiro atoms. The number of aromatic nitrogens is 1. The standard InChI is InChI=1S/C11H8FNO2S/c1-15-10-3-2-7(4-9(10)12)11-13-8(5-14)6-16-11/h2-6H,1H3. The second-order valence-electron chi connectivity index (χ2n) is 3.04. The molecule has 2 aromatic rings. The van der Waals surface area contributed by atoms with E-state index in [1.165, 1.54) is 30.6 Å². The van der Waals surface area contributed by atoms with E-state index in [2.05, 4.69) is 4.98 Å². The first-order valence-corrected chi connectivity index (χ1v) is 5.37. The van der Waals surface area contributed by atoms with Crippen LogP contribution in [-0.4, -0.2) is 18.4 Å². The third-order valence-corrected chi connectivity index (χ3v) is 2.95. The number of carbonyl (C=O) groups excluding carboxylic acids is 1. The Kier molecular flexibility index (Phi) is 2.96. The average Bonchev–Trinajstić information content (AvgIpc) is 2.77. The van der Waals surface area contributed by atoms with Crippen LogP contribution in [0.3, 0.4) is 0 Å². The number of benzene rings is 1. The van der Waals surface area contributed by atoms with Gasteiger partial charge >= 0.3 is 0 Å². The molecule has 0 bridgehead atoms. The SMILES string of the molecule is COc1ccc(-c2nc(C=O)cs2)cc1F. The van der Waals surface area contributed by atoms with Crippen LogP contribution in [0.5, 0.6) is 5.75 Å². The second-order valence-corrected chi connectivity index (χ2v) is 3.90. The fraction of sp³-hybridized carbons (Fsp3) is 0.0909. The van der Waals surface area contributed by atoms with E-state index in [9.17, 15) is 9.18 Å². The Morgan fingerprint density at radius 2 is 2.31 bits per heavy atom. The third-order valence-electron chi connectivity index (χ3n) is 2.04. The number of halogens is 1. The number of methoxy groups -OCH3 is 1. The molecule has 0 N–H and O–H groups in total. The molecule has 1 aromatic heterocycles. The highest BCUT2D eigenvalue weighted by molar-refractivity contribution is 7.13. The van der Waals surface area contributed by atoms with Gasteiger partial charge in [-0.3, -0.25) is 4.79 Å². The van der Waals surface area contributed by atoms with Gasteiger partial charge in [0.25, 0.3) is 0 Å². The van der Waals surface area contributed by atoms with Crippen molar-refractivity contribution in [2.45, 2.75) is 0 Å². The smallest absolute Gasteiger partial charge is 0.169 e. The van der Waals surface area contributed by atoms with Crippen molar-refractivity contribution in [2.75, 3.05) is 7.11 Å². The molecule has 3 nitrogen and oxygen atoms in total. The van der Waals surface area contributed by atoms with Crippen molar-refractivity contribution in [3.63, 3.8) is 0 Å². The van der Waals surface area contributed by atoms with Gasteiger partial charge in [-0.15, -0.1) is 11.3 Å². The highest BCUT2D eigenvalue weighted by atomic mass is 32.1. The Hall–Kier alpha value is -1.75. The average molecular weight is 237 g/mol. The van der Waals surface area contributed by atoms with E-state index < -0.39 is 5.82 Å². The van der Waals surface area contributed by atoms with Crippen molar-refractivity contribution in [3.05, 3.63) is 35.1 Å². The van der Waals surface area contributed by atoms with Crippen molar-refractivity contribution in [3.8, 4) is 16.3 Å². The molecule has 0 aliphatic heterocycles. The summed E-state index contributed by atoms with van der Waals surface area (Å²) < 4.78 is 18.2. The molecule has 82 valence electrons. The van der Waals surface area contributed by atoms with Crippen molar-refractivity contribution in [1.29, 1.82) is 0 Å². The summed E-state index contributed by atoms with van der Waals surface area (Å²) in [6, 6.07) is 4.58. The molecule has 1 heterocycles. The van der Waals surface area contributed by atoms with Crippen LogP contribution in [0.2, 0.25) is 0 Å². The van der Waals surface area contributed by atoms with Gasteiger partial charge in [0.1, 0.15) is 10.7 Å². The first kappa shape index (κ1) is 10.8. The summed E-state index contributed by atoms with van der Waals surface area (Å²) in [6.45, 7) is 0.